The maximum absolute atomic E-state index is 10.2. The Hall–Kier alpha value is 0.137. The fraction of sp³-hybridized carbons (Fsp3) is 1.00. The van der Waals surface area contributed by atoms with Crippen LogP contribution >= 0.6 is 0 Å². The first-order valence-electron chi connectivity index (χ1n) is 5.21. The summed E-state index contributed by atoms with van der Waals surface area (Å²) >= 11 is 0. The van der Waals surface area contributed by atoms with Gasteiger partial charge in [0.1, 0.15) is 0 Å². The van der Waals surface area contributed by atoms with E-state index in [9.17, 15) is 4.80 Å². The first kappa shape index (κ1) is 11.2. The van der Waals surface area contributed by atoms with E-state index in [1.807, 2.05) is 0 Å². The molecule has 13 heavy (non-hydrogen) atoms. The van der Waals surface area contributed by atoms with Gasteiger partial charge in [-0.05, 0) is 32.7 Å². The standard InChI is InChI=1S/C10H22O2Si/c1-6-9(3,4)12-13(11)8-10(13,5)7-2/h11H,6-8H2,1-5H3/t10-,13?/m1/s1. The Kier molecular flexibility index (Phi) is 2.65. The lowest BCUT2D eigenvalue weighted by Crippen LogP contribution is -2.37. The summed E-state index contributed by atoms with van der Waals surface area (Å²) < 4.78 is 5.89. The molecule has 1 aliphatic rings. The van der Waals surface area contributed by atoms with E-state index in [1.54, 1.807) is 0 Å². The molecule has 0 radical (unpaired) electrons. The van der Waals surface area contributed by atoms with Gasteiger partial charge in [-0.15, -0.1) is 0 Å². The number of rotatable bonds is 4. The number of hydrogen-bond donors (Lipinski definition) is 1. The smallest absolute Gasteiger partial charge is 0.342 e. The fourth-order valence-electron chi connectivity index (χ4n) is 1.57. The summed E-state index contributed by atoms with van der Waals surface area (Å²) in [5.74, 6) is 0. The molecule has 0 aliphatic carbocycles. The minimum absolute atomic E-state index is 0.124. The van der Waals surface area contributed by atoms with E-state index in [4.69, 9.17) is 4.43 Å². The van der Waals surface area contributed by atoms with Crippen molar-refractivity contribution in [3.63, 3.8) is 0 Å². The van der Waals surface area contributed by atoms with E-state index < -0.39 is 8.56 Å². The Morgan fingerprint density at radius 1 is 1.46 bits per heavy atom. The van der Waals surface area contributed by atoms with Crippen LogP contribution in [-0.2, 0) is 4.43 Å². The SMILES string of the molecule is CCC(C)(C)O[Si]1(O)C[C@@]1(C)CC. The van der Waals surface area contributed by atoms with Crippen molar-refractivity contribution in [1.82, 2.24) is 0 Å². The zero-order chi connectivity index (χ0) is 10.3. The van der Waals surface area contributed by atoms with Crippen LogP contribution in [0, 0.1) is 0 Å². The van der Waals surface area contributed by atoms with Gasteiger partial charge in [-0.2, -0.15) is 0 Å². The second kappa shape index (κ2) is 3.07. The molecule has 78 valence electrons. The maximum atomic E-state index is 10.2. The maximum Gasteiger partial charge on any atom is 0.342 e. The van der Waals surface area contributed by atoms with E-state index in [0.29, 0.717) is 0 Å². The van der Waals surface area contributed by atoms with E-state index in [0.717, 1.165) is 18.9 Å². The Morgan fingerprint density at radius 2 is 2.00 bits per heavy atom. The third-order valence-corrected chi connectivity index (χ3v) is 7.66. The van der Waals surface area contributed by atoms with Crippen molar-refractivity contribution in [2.24, 2.45) is 0 Å². The molecule has 0 spiro atoms. The molecular weight excluding hydrogens is 180 g/mol. The van der Waals surface area contributed by atoms with Crippen molar-refractivity contribution in [3.8, 4) is 0 Å². The zero-order valence-electron chi connectivity index (χ0n) is 9.48. The minimum Gasteiger partial charge on any atom is -0.410 e. The van der Waals surface area contributed by atoms with E-state index in [-0.39, 0.29) is 10.6 Å². The van der Waals surface area contributed by atoms with Crippen molar-refractivity contribution < 1.29 is 9.22 Å². The molecule has 0 aromatic carbocycles. The van der Waals surface area contributed by atoms with Gasteiger partial charge in [0.05, 0.1) is 5.60 Å². The highest BCUT2D eigenvalue weighted by molar-refractivity contribution is 6.81. The van der Waals surface area contributed by atoms with Gasteiger partial charge >= 0.3 is 8.56 Å². The van der Waals surface area contributed by atoms with Crippen LogP contribution in [0.5, 0.6) is 0 Å². The third kappa shape index (κ3) is 1.97. The Bertz CT molecular complexity index is 205. The summed E-state index contributed by atoms with van der Waals surface area (Å²) in [6.45, 7) is 10.5. The zero-order valence-corrected chi connectivity index (χ0v) is 10.5. The van der Waals surface area contributed by atoms with Crippen LogP contribution in [0.1, 0.15) is 47.5 Å². The van der Waals surface area contributed by atoms with Crippen LogP contribution < -0.4 is 0 Å². The van der Waals surface area contributed by atoms with Crippen molar-refractivity contribution in [1.29, 1.82) is 0 Å². The molecule has 1 fully saturated rings. The minimum atomic E-state index is -2.32. The van der Waals surface area contributed by atoms with Crippen LogP contribution in [0.2, 0.25) is 11.1 Å². The van der Waals surface area contributed by atoms with Crippen LogP contribution in [0.25, 0.3) is 0 Å². The topological polar surface area (TPSA) is 29.5 Å². The molecule has 0 aromatic heterocycles. The molecule has 0 bridgehead atoms. The van der Waals surface area contributed by atoms with Gasteiger partial charge in [0.25, 0.3) is 0 Å². The van der Waals surface area contributed by atoms with Gasteiger partial charge < -0.3 is 9.22 Å². The summed E-state index contributed by atoms with van der Waals surface area (Å²) in [5.41, 5.74) is -0.145. The Balaban J connectivity index is 2.57. The second-order valence-electron chi connectivity index (χ2n) is 5.09. The van der Waals surface area contributed by atoms with Crippen LogP contribution in [-0.4, -0.2) is 19.0 Å². The van der Waals surface area contributed by atoms with Gasteiger partial charge in [0, 0.05) is 5.04 Å². The summed E-state index contributed by atoms with van der Waals surface area (Å²) in [6.07, 6.45) is 2.00. The van der Waals surface area contributed by atoms with Gasteiger partial charge in [-0.25, -0.2) is 0 Å². The quantitative estimate of drug-likeness (QED) is 0.710. The fourth-order valence-corrected chi connectivity index (χ4v) is 5.18. The lowest BCUT2D eigenvalue weighted by molar-refractivity contribution is 0.0717. The monoisotopic (exact) mass is 202 g/mol. The summed E-state index contributed by atoms with van der Waals surface area (Å²) in [5, 5.41) is 0.124. The Morgan fingerprint density at radius 3 is 2.31 bits per heavy atom. The largest absolute Gasteiger partial charge is 0.410 e. The average molecular weight is 202 g/mol. The normalized spacial score (nSPS) is 39.2. The highest BCUT2D eigenvalue weighted by Gasteiger charge is 2.69. The predicted molar refractivity (Wildman–Crippen MR) is 56.9 cm³/mol. The molecule has 1 N–H and O–H groups in total. The van der Waals surface area contributed by atoms with Crippen LogP contribution in [0.4, 0.5) is 0 Å². The lowest BCUT2D eigenvalue weighted by Gasteiger charge is -2.28. The van der Waals surface area contributed by atoms with Crippen LogP contribution in [0.3, 0.4) is 0 Å². The molecule has 2 nitrogen and oxygen atoms in total. The number of hydrogen-bond acceptors (Lipinski definition) is 2. The van der Waals surface area contributed by atoms with Gasteiger partial charge in [0.2, 0.25) is 0 Å². The molecule has 0 saturated carbocycles. The third-order valence-electron chi connectivity index (χ3n) is 3.52. The van der Waals surface area contributed by atoms with Crippen LogP contribution in [0.15, 0.2) is 0 Å². The summed E-state index contributed by atoms with van der Waals surface area (Å²) in [7, 11) is -2.32. The first-order valence-corrected chi connectivity index (χ1v) is 7.27. The van der Waals surface area contributed by atoms with Gasteiger partial charge in [0.15, 0.2) is 0 Å². The summed E-state index contributed by atoms with van der Waals surface area (Å²) in [6, 6.07) is 0.917. The highest BCUT2D eigenvalue weighted by atomic mass is 28.4. The van der Waals surface area contributed by atoms with Crippen molar-refractivity contribution in [2.45, 2.75) is 64.1 Å². The molecule has 0 aromatic rings. The molecule has 2 atom stereocenters. The lowest BCUT2D eigenvalue weighted by atomic mass is 10.1. The molecule has 3 heteroatoms. The molecule has 1 unspecified atom stereocenters. The highest BCUT2D eigenvalue weighted by Crippen LogP contribution is 2.64. The second-order valence-corrected chi connectivity index (χ2v) is 8.42. The average Bonchev–Trinajstić information content (AvgIpc) is 2.54. The predicted octanol–water partition coefficient (Wildman–Crippen LogP) is 2.81. The van der Waals surface area contributed by atoms with Crippen molar-refractivity contribution in [3.05, 3.63) is 0 Å². The van der Waals surface area contributed by atoms with Crippen molar-refractivity contribution >= 4 is 8.56 Å². The molecule has 1 rings (SSSR count). The molecule has 1 heterocycles. The van der Waals surface area contributed by atoms with Crippen molar-refractivity contribution in [2.75, 3.05) is 0 Å². The summed E-state index contributed by atoms with van der Waals surface area (Å²) in [4.78, 5) is 10.2. The molecule has 1 aliphatic heterocycles. The first-order chi connectivity index (χ1) is 5.79. The van der Waals surface area contributed by atoms with E-state index in [2.05, 4.69) is 34.6 Å². The molecular formula is C10H22O2Si. The van der Waals surface area contributed by atoms with Gasteiger partial charge in [-0.3, -0.25) is 0 Å². The molecule has 0 amide bonds. The van der Waals surface area contributed by atoms with E-state index in [1.165, 1.54) is 0 Å². The van der Waals surface area contributed by atoms with E-state index >= 15 is 0 Å². The molecule has 1 saturated heterocycles. The van der Waals surface area contributed by atoms with Gasteiger partial charge in [-0.1, -0.05) is 20.8 Å². The Labute approximate surface area is 82.6 Å².